The molecule has 0 aliphatic heterocycles. The van der Waals surface area contributed by atoms with Gasteiger partial charge in [-0.1, -0.05) is 29.3 Å². The van der Waals surface area contributed by atoms with Gasteiger partial charge in [-0.3, -0.25) is 0 Å². The standard InChI is InChI=1S/C13H15Cl2N3O/c1-8-9(7-16-2)13(18(3)17-8)19-11-6-4-5-10(14)12(11)15/h4-6,16H,7H2,1-3H3. The molecule has 102 valence electrons. The monoisotopic (exact) mass is 299 g/mol. The molecule has 1 aromatic heterocycles. The van der Waals surface area contributed by atoms with Gasteiger partial charge in [0.1, 0.15) is 10.8 Å². The van der Waals surface area contributed by atoms with Crippen molar-refractivity contribution in [3.63, 3.8) is 0 Å². The van der Waals surface area contributed by atoms with Gasteiger partial charge in [-0.2, -0.15) is 5.10 Å². The van der Waals surface area contributed by atoms with E-state index in [1.54, 1.807) is 22.9 Å². The third kappa shape index (κ3) is 2.86. The average molecular weight is 300 g/mol. The first kappa shape index (κ1) is 14.2. The van der Waals surface area contributed by atoms with Crippen LogP contribution in [0, 0.1) is 6.92 Å². The SMILES string of the molecule is CNCc1c(C)nn(C)c1Oc1cccc(Cl)c1Cl. The molecule has 1 N–H and O–H groups in total. The summed E-state index contributed by atoms with van der Waals surface area (Å²) in [6.07, 6.45) is 0. The van der Waals surface area contributed by atoms with Gasteiger partial charge in [0, 0.05) is 13.6 Å². The first-order valence-electron chi connectivity index (χ1n) is 5.83. The summed E-state index contributed by atoms with van der Waals surface area (Å²) in [7, 11) is 3.71. The van der Waals surface area contributed by atoms with E-state index in [-0.39, 0.29) is 0 Å². The maximum atomic E-state index is 6.13. The Balaban J connectivity index is 2.40. The van der Waals surface area contributed by atoms with Crippen LogP contribution in [0.4, 0.5) is 0 Å². The molecule has 0 fully saturated rings. The lowest BCUT2D eigenvalue weighted by Crippen LogP contribution is -2.07. The van der Waals surface area contributed by atoms with Gasteiger partial charge >= 0.3 is 0 Å². The van der Waals surface area contributed by atoms with E-state index in [9.17, 15) is 0 Å². The van der Waals surface area contributed by atoms with Crippen molar-refractivity contribution in [2.45, 2.75) is 13.5 Å². The number of rotatable bonds is 4. The van der Waals surface area contributed by atoms with E-state index < -0.39 is 0 Å². The number of aromatic nitrogens is 2. The van der Waals surface area contributed by atoms with Crippen molar-refractivity contribution in [3.8, 4) is 11.6 Å². The zero-order valence-corrected chi connectivity index (χ0v) is 12.5. The van der Waals surface area contributed by atoms with E-state index in [4.69, 9.17) is 27.9 Å². The van der Waals surface area contributed by atoms with Crippen LogP contribution in [0.2, 0.25) is 10.0 Å². The molecule has 4 nitrogen and oxygen atoms in total. The summed E-state index contributed by atoms with van der Waals surface area (Å²) >= 11 is 12.1. The normalized spacial score (nSPS) is 10.8. The summed E-state index contributed by atoms with van der Waals surface area (Å²) in [6, 6.07) is 5.30. The number of nitrogens with zero attached hydrogens (tertiary/aromatic N) is 2. The topological polar surface area (TPSA) is 39.1 Å². The van der Waals surface area contributed by atoms with Crippen LogP contribution in [0.1, 0.15) is 11.3 Å². The summed E-state index contributed by atoms with van der Waals surface area (Å²) in [6.45, 7) is 2.62. The van der Waals surface area contributed by atoms with Crippen LogP contribution in [0.15, 0.2) is 18.2 Å². The van der Waals surface area contributed by atoms with Gasteiger partial charge in [-0.05, 0) is 26.1 Å². The van der Waals surface area contributed by atoms with Crippen molar-refractivity contribution < 1.29 is 4.74 Å². The lowest BCUT2D eigenvalue weighted by molar-refractivity contribution is 0.425. The van der Waals surface area contributed by atoms with Gasteiger partial charge in [0.25, 0.3) is 0 Å². The zero-order valence-electron chi connectivity index (χ0n) is 11.0. The molecule has 19 heavy (non-hydrogen) atoms. The molecule has 2 rings (SSSR count). The fourth-order valence-electron chi connectivity index (χ4n) is 1.86. The van der Waals surface area contributed by atoms with Crippen LogP contribution in [0.25, 0.3) is 0 Å². The third-order valence-electron chi connectivity index (χ3n) is 2.77. The second-order valence-corrected chi connectivity index (χ2v) is 4.96. The molecule has 0 amide bonds. The van der Waals surface area contributed by atoms with E-state index in [2.05, 4.69) is 10.4 Å². The van der Waals surface area contributed by atoms with Gasteiger partial charge in [0.15, 0.2) is 0 Å². The highest BCUT2D eigenvalue weighted by atomic mass is 35.5. The van der Waals surface area contributed by atoms with Crippen molar-refractivity contribution in [3.05, 3.63) is 39.5 Å². The van der Waals surface area contributed by atoms with Crippen molar-refractivity contribution in [1.29, 1.82) is 0 Å². The molecule has 0 spiro atoms. The molecule has 0 atom stereocenters. The summed E-state index contributed by atoms with van der Waals surface area (Å²) < 4.78 is 7.56. The number of halogens is 2. The molecule has 0 aliphatic carbocycles. The van der Waals surface area contributed by atoms with Gasteiger partial charge in [0.05, 0.1) is 16.3 Å². The van der Waals surface area contributed by atoms with Crippen LogP contribution < -0.4 is 10.1 Å². The fourth-order valence-corrected chi connectivity index (χ4v) is 2.19. The molecule has 0 unspecified atom stereocenters. The Morgan fingerprint density at radius 1 is 1.37 bits per heavy atom. The van der Waals surface area contributed by atoms with Crippen molar-refractivity contribution in [1.82, 2.24) is 15.1 Å². The Bertz CT molecular complexity index is 596. The number of benzene rings is 1. The van der Waals surface area contributed by atoms with Crippen molar-refractivity contribution >= 4 is 23.2 Å². The predicted octanol–water partition coefficient (Wildman–Crippen LogP) is 3.55. The number of hydrogen-bond acceptors (Lipinski definition) is 3. The molecule has 6 heteroatoms. The number of ether oxygens (including phenoxy) is 1. The second-order valence-electron chi connectivity index (χ2n) is 4.18. The van der Waals surface area contributed by atoms with Gasteiger partial charge in [-0.25, -0.2) is 4.68 Å². The lowest BCUT2D eigenvalue weighted by atomic mass is 10.2. The molecule has 0 radical (unpaired) electrons. The van der Waals surface area contributed by atoms with Gasteiger partial charge in [0.2, 0.25) is 5.88 Å². The van der Waals surface area contributed by atoms with E-state index in [0.717, 1.165) is 11.3 Å². The predicted molar refractivity (Wildman–Crippen MR) is 77.2 cm³/mol. The summed E-state index contributed by atoms with van der Waals surface area (Å²) in [4.78, 5) is 0. The largest absolute Gasteiger partial charge is 0.437 e. The minimum atomic E-state index is 0.401. The molecular weight excluding hydrogens is 285 g/mol. The molecule has 0 aliphatic rings. The maximum absolute atomic E-state index is 6.13. The maximum Gasteiger partial charge on any atom is 0.222 e. The first-order valence-corrected chi connectivity index (χ1v) is 6.59. The molecule has 1 heterocycles. The highest BCUT2D eigenvalue weighted by Gasteiger charge is 2.16. The highest BCUT2D eigenvalue weighted by molar-refractivity contribution is 6.42. The summed E-state index contributed by atoms with van der Waals surface area (Å²) in [5.41, 5.74) is 1.92. The van der Waals surface area contributed by atoms with Crippen LogP contribution in [0.5, 0.6) is 11.6 Å². The van der Waals surface area contributed by atoms with E-state index >= 15 is 0 Å². The molecule has 0 saturated heterocycles. The highest BCUT2D eigenvalue weighted by Crippen LogP contribution is 2.36. The lowest BCUT2D eigenvalue weighted by Gasteiger charge is -2.10. The van der Waals surface area contributed by atoms with Gasteiger partial charge < -0.3 is 10.1 Å². The average Bonchev–Trinajstić information content (AvgIpc) is 2.62. The number of hydrogen-bond donors (Lipinski definition) is 1. The van der Waals surface area contributed by atoms with Crippen LogP contribution in [-0.2, 0) is 13.6 Å². The first-order chi connectivity index (χ1) is 9.04. The summed E-state index contributed by atoms with van der Waals surface area (Å²) in [5, 5.41) is 8.32. The minimum Gasteiger partial charge on any atom is -0.437 e. The zero-order chi connectivity index (χ0) is 14.0. The molecular formula is C13H15Cl2N3O. The number of aryl methyl sites for hydroxylation is 2. The molecule has 1 aromatic carbocycles. The third-order valence-corrected chi connectivity index (χ3v) is 3.57. The van der Waals surface area contributed by atoms with Gasteiger partial charge in [-0.15, -0.1) is 0 Å². The van der Waals surface area contributed by atoms with Crippen LogP contribution in [-0.4, -0.2) is 16.8 Å². The fraction of sp³-hybridized carbons (Fsp3) is 0.308. The minimum absolute atomic E-state index is 0.401. The molecule has 0 bridgehead atoms. The van der Waals surface area contributed by atoms with E-state index in [0.29, 0.717) is 28.2 Å². The Hall–Kier alpha value is -1.23. The Kier molecular flexibility index (Phi) is 4.34. The molecule has 0 saturated carbocycles. The van der Waals surface area contributed by atoms with Crippen molar-refractivity contribution in [2.24, 2.45) is 7.05 Å². The van der Waals surface area contributed by atoms with Crippen molar-refractivity contribution in [2.75, 3.05) is 7.05 Å². The quantitative estimate of drug-likeness (QED) is 0.938. The second kappa shape index (κ2) is 5.82. The number of nitrogens with one attached hydrogen (secondary N) is 1. The van der Waals surface area contributed by atoms with Crippen LogP contribution >= 0.6 is 23.2 Å². The summed E-state index contributed by atoms with van der Waals surface area (Å²) in [5.74, 6) is 1.19. The Morgan fingerprint density at radius 3 is 2.79 bits per heavy atom. The van der Waals surface area contributed by atoms with E-state index in [1.807, 2.05) is 21.0 Å². The Morgan fingerprint density at radius 2 is 2.11 bits per heavy atom. The Labute approximate surface area is 122 Å². The van der Waals surface area contributed by atoms with Crippen LogP contribution in [0.3, 0.4) is 0 Å². The van der Waals surface area contributed by atoms with E-state index in [1.165, 1.54) is 0 Å². The smallest absolute Gasteiger partial charge is 0.222 e. The molecule has 2 aromatic rings.